The molecule has 5 nitrogen and oxygen atoms in total. The number of hydrogen-bond acceptors (Lipinski definition) is 4. The number of sulfonamides is 1. The maximum Gasteiger partial charge on any atom is 0.246 e. The SMILES string of the molecule is CCOc1ccc(N)cc1S(=O)(=O)N(C)C1CC1. The molecule has 0 bridgehead atoms. The molecule has 0 saturated heterocycles. The van der Waals surface area contributed by atoms with Crippen LogP contribution in [0.4, 0.5) is 5.69 Å². The van der Waals surface area contributed by atoms with Crippen molar-refractivity contribution in [1.82, 2.24) is 4.31 Å². The van der Waals surface area contributed by atoms with Gasteiger partial charge in [0.15, 0.2) is 0 Å². The molecule has 1 saturated carbocycles. The molecule has 0 aromatic heterocycles. The van der Waals surface area contributed by atoms with E-state index < -0.39 is 10.0 Å². The van der Waals surface area contributed by atoms with Gasteiger partial charge in [0.1, 0.15) is 10.6 Å². The van der Waals surface area contributed by atoms with Crippen molar-refractivity contribution in [1.29, 1.82) is 0 Å². The average molecular weight is 270 g/mol. The number of hydrogen-bond donors (Lipinski definition) is 1. The van der Waals surface area contributed by atoms with Crippen molar-refractivity contribution in [3.8, 4) is 5.75 Å². The zero-order valence-corrected chi connectivity index (χ0v) is 11.4. The molecule has 2 N–H and O–H groups in total. The standard InChI is InChI=1S/C12H18N2O3S/c1-3-17-11-7-4-9(13)8-12(11)18(15,16)14(2)10-5-6-10/h4,7-8,10H,3,5-6,13H2,1-2H3. The molecule has 1 aliphatic rings. The molecule has 0 heterocycles. The first kappa shape index (κ1) is 13.2. The third-order valence-electron chi connectivity index (χ3n) is 2.99. The van der Waals surface area contributed by atoms with Gasteiger partial charge in [0, 0.05) is 18.8 Å². The maximum absolute atomic E-state index is 12.5. The summed E-state index contributed by atoms with van der Waals surface area (Å²) in [5.41, 5.74) is 6.09. The third-order valence-corrected chi connectivity index (χ3v) is 4.92. The van der Waals surface area contributed by atoms with Crippen molar-refractivity contribution >= 4 is 15.7 Å². The van der Waals surface area contributed by atoms with Gasteiger partial charge in [-0.25, -0.2) is 8.42 Å². The van der Waals surface area contributed by atoms with E-state index in [0.29, 0.717) is 18.0 Å². The molecule has 0 radical (unpaired) electrons. The van der Waals surface area contributed by atoms with Gasteiger partial charge in [-0.2, -0.15) is 4.31 Å². The number of anilines is 1. The Hall–Kier alpha value is -1.27. The molecule has 0 amide bonds. The zero-order valence-electron chi connectivity index (χ0n) is 10.6. The van der Waals surface area contributed by atoms with E-state index in [0.717, 1.165) is 12.8 Å². The second-order valence-electron chi connectivity index (χ2n) is 4.39. The number of rotatable bonds is 5. The van der Waals surface area contributed by atoms with Crippen LogP contribution in [-0.2, 0) is 10.0 Å². The number of nitrogens with two attached hydrogens (primary N) is 1. The van der Waals surface area contributed by atoms with E-state index >= 15 is 0 Å². The molecular weight excluding hydrogens is 252 g/mol. The second kappa shape index (κ2) is 4.78. The molecule has 100 valence electrons. The second-order valence-corrected chi connectivity index (χ2v) is 6.36. The molecule has 0 spiro atoms. The Labute approximate surface area is 108 Å². The van der Waals surface area contributed by atoms with E-state index in [2.05, 4.69) is 0 Å². The van der Waals surface area contributed by atoms with Gasteiger partial charge in [0.05, 0.1) is 6.61 Å². The van der Waals surface area contributed by atoms with Gasteiger partial charge in [-0.05, 0) is 38.0 Å². The smallest absolute Gasteiger partial charge is 0.246 e. The van der Waals surface area contributed by atoms with Crippen molar-refractivity contribution in [2.75, 3.05) is 19.4 Å². The van der Waals surface area contributed by atoms with E-state index in [-0.39, 0.29) is 10.9 Å². The minimum absolute atomic E-state index is 0.117. The molecule has 1 aromatic rings. The summed E-state index contributed by atoms with van der Waals surface area (Å²) in [5.74, 6) is 0.360. The fourth-order valence-corrected chi connectivity index (χ4v) is 3.37. The van der Waals surface area contributed by atoms with Crippen molar-refractivity contribution in [3.63, 3.8) is 0 Å². The first-order valence-corrected chi connectivity index (χ1v) is 7.41. The highest BCUT2D eigenvalue weighted by molar-refractivity contribution is 7.89. The zero-order chi connectivity index (χ0) is 13.3. The lowest BCUT2D eigenvalue weighted by Gasteiger charge is -2.19. The van der Waals surface area contributed by atoms with Gasteiger partial charge >= 0.3 is 0 Å². The van der Waals surface area contributed by atoms with Gasteiger partial charge in [0.2, 0.25) is 10.0 Å². The van der Waals surface area contributed by atoms with Crippen molar-refractivity contribution in [2.24, 2.45) is 0 Å². The lowest BCUT2D eigenvalue weighted by molar-refractivity contribution is 0.329. The predicted molar refractivity (Wildman–Crippen MR) is 70.0 cm³/mol. The molecule has 1 fully saturated rings. The normalized spacial score (nSPS) is 15.9. The van der Waals surface area contributed by atoms with Crippen LogP contribution >= 0.6 is 0 Å². The Morgan fingerprint density at radius 2 is 2.11 bits per heavy atom. The molecule has 0 unspecified atom stereocenters. The molecular formula is C12H18N2O3S. The summed E-state index contributed by atoms with van der Waals surface area (Å²) >= 11 is 0. The van der Waals surface area contributed by atoms with E-state index in [4.69, 9.17) is 10.5 Å². The first-order valence-electron chi connectivity index (χ1n) is 5.97. The Morgan fingerprint density at radius 1 is 1.44 bits per heavy atom. The van der Waals surface area contributed by atoms with Gasteiger partial charge in [-0.3, -0.25) is 0 Å². The molecule has 6 heteroatoms. The molecule has 0 atom stereocenters. The van der Waals surface area contributed by atoms with Crippen molar-refractivity contribution < 1.29 is 13.2 Å². The van der Waals surface area contributed by atoms with Gasteiger partial charge in [-0.1, -0.05) is 0 Å². The Bertz CT molecular complexity index is 538. The summed E-state index contributed by atoms with van der Waals surface area (Å²) in [7, 11) is -1.92. The highest BCUT2D eigenvalue weighted by Crippen LogP contribution is 2.34. The summed E-state index contributed by atoms with van der Waals surface area (Å²) < 4.78 is 31.7. The molecule has 18 heavy (non-hydrogen) atoms. The van der Waals surface area contributed by atoms with E-state index in [9.17, 15) is 8.42 Å². The highest BCUT2D eigenvalue weighted by Gasteiger charge is 2.36. The fourth-order valence-electron chi connectivity index (χ4n) is 1.79. The van der Waals surface area contributed by atoms with Crippen LogP contribution in [0.3, 0.4) is 0 Å². The van der Waals surface area contributed by atoms with E-state index in [1.165, 1.54) is 10.4 Å². The Kier molecular flexibility index (Phi) is 3.49. The Morgan fingerprint density at radius 3 is 2.67 bits per heavy atom. The number of benzene rings is 1. The van der Waals surface area contributed by atoms with Crippen molar-refractivity contribution in [3.05, 3.63) is 18.2 Å². The average Bonchev–Trinajstić information content (AvgIpc) is 3.14. The number of ether oxygens (including phenoxy) is 1. The van der Waals surface area contributed by atoms with Crippen molar-refractivity contribution in [2.45, 2.75) is 30.7 Å². The number of nitrogen functional groups attached to an aromatic ring is 1. The topological polar surface area (TPSA) is 72.6 Å². The van der Waals surface area contributed by atoms with Crippen LogP contribution in [0.1, 0.15) is 19.8 Å². The highest BCUT2D eigenvalue weighted by atomic mass is 32.2. The van der Waals surface area contributed by atoms with Crippen LogP contribution < -0.4 is 10.5 Å². The van der Waals surface area contributed by atoms with E-state index in [1.54, 1.807) is 19.2 Å². The summed E-state index contributed by atoms with van der Waals surface area (Å²) in [6.07, 6.45) is 1.84. The van der Waals surface area contributed by atoms with Gasteiger partial charge in [-0.15, -0.1) is 0 Å². The maximum atomic E-state index is 12.5. The lowest BCUT2D eigenvalue weighted by atomic mass is 10.3. The molecule has 1 aromatic carbocycles. The number of nitrogens with zero attached hydrogens (tertiary/aromatic N) is 1. The minimum atomic E-state index is -3.52. The lowest BCUT2D eigenvalue weighted by Crippen LogP contribution is -2.29. The summed E-state index contributed by atoms with van der Waals surface area (Å²) in [5, 5.41) is 0. The predicted octanol–water partition coefficient (Wildman–Crippen LogP) is 1.45. The quantitative estimate of drug-likeness (QED) is 0.822. The van der Waals surface area contributed by atoms with Crippen LogP contribution in [0.5, 0.6) is 5.75 Å². The summed E-state index contributed by atoms with van der Waals surface area (Å²) in [6, 6.07) is 4.82. The Balaban J connectivity index is 2.44. The largest absolute Gasteiger partial charge is 0.492 e. The third kappa shape index (κ3) is 2.44. The van der Waals surface area contributed by atoms with Crippen LogP contribution in [0.25, 0.3) is 0 Å². The molecule has 1 aliphatic carbocycles. The summed E-state index contributed by atoms with van der Waals surface area (Å²) in [4.78, 5) is 0.152. The molecule has 0 aliphatic heterocycles. The first-order chi connectivity index (χ1) is 8.46. The monoisotopic (exact) mass is 270 g/mol. The minimum Gasteiger partial charge on any atom is -0.492 e. The van der Waals surface area contributed by atoms with Crippen LogP contribution in [0.15, 0.2) is 23.1 Å². The van der Waals surface area contributed by atoms with Gasteiger partial charge in [0.25, 0.3) is 0 Å². The van der Waals surface area contributed by atoms with Crippen LogP contribution in [0.2, 0.25) is 0 Å². The van der Waals surface area contributed by atoms with Crippen LogP contribution in [-0.4, -0.2) is 32.4 Å². The fraction of sp³-hybridized carbons (Fsp3) is 0.500. The van der Waals surface area contributed by atoms with Crippen LogP contribution in [0, 0.1) is 0 Å². The molecule has 2 rings (SSSR count). The summed E-state index contributed by atoms with van der Waals surface area (Å²) in [6.45, 7) is 2.23. The van der Waals surface area contributed by atoms with Gasteiger partial charge < -0.3 is 10.5 Å². The van der Waals surface area contributed by atoms with E-state index in [1.807, 2.05) is 6.92 Å².